The number of carbonyl (C=O) groups is 1. The van der Waals surface area contributed by atoms with E-state index in [1.165, 1.54) is 0 Å². The molecule has 0 radical (unpaired) electrons. The molecular weight excluding hydrogens is 178 g/mol. The van der Waals surface area contributed by atoms with Crippen LogP contribution in [-0.4, -0.2) is 56.5 Å². The Kier molecular flexibility index (Phi) is 3.50. The molecule has 1 aliphatic rings. The number of likely N-dealkylation sites (N-methyl/N-ethyl adjacent to an activating group) is 2. The van der Waals surface area contributed by atoms with Crippen molar-refractivity contribution in [2.75, 3.05) is 40.8 Å². The predicted octanol–water partition coefficient (Wildman–Crippen LogP) is -0.255. The van der Waals surface area contributed by atoms with Gasteiger partial charge in [-0.05, 0) is 26.9 Å². The van der Waals surface area contributed by atoms with Gasteiger partial charge in [0.15, 0.2) is 0 Å². The van der Waals surface area contributed by atoms with Crippen molar-refractivity contribution in [3.05, 3.63) is 0 Å². The highest BCUT2D eigenvalue weighted by molar-refractivity contribution is 5.85. The fourth-order valence-electron chi connectivity index (χ4n) is 1.51. The van der Waals surface area contributed by atoms with E-state index in [0.29, 0.717) is 6.54 Å². The molecular formula is C10H21N3O. The first-order chi connectivity index (χ1) is 6.52. The first kappa shape index (κ1) is 11.5. The molecule has 0 bridgehead atoms. The molecule has 14 heavy (non-hydrogen) atoms. The van der Waals surface area contributed by atoms with Crippen LogP contribution in [0, 0.1) is 5.41 Å². The largest absolute Gasteiger partial charge is 0.344 e. The van der Waals surface area contributed by atoms with Gasteiger partial charge in [-0.3, -0.25) is 4.79 Å². The highest BCUT2D eigenvalue weighted by atomic mass is 16.2. The van der Waals surface area contributed by atoms with E-state index in [1.807, 2.05) is 21.1 Å². The molecule has 1 amide bonds. The first-order valence-electron chi connectivity index (χ1n) is 5.12. The van der Waals surface area contributed by atoms with E-state index in [4.69, 9.17) is 5.73 Å². The molecule has 0 aromatic rings. The molecule has 0 aromatic heterocycles. The van der Waals surface area contributed by atoms with E-state index in [1.54, 1.807) is 4.90 Å². The molecule has 0 aromatic carbocycles. The number of amides is 1. The fourth-order valence-corrected chi connectivity index (χ4v) is 1.51. The normalized spacial score (nSPS) is 18.4. The van der Waals surface area contributed by atoms with Crippen molar-refractivity contribution in [1.29, 1.82) is 0 Å². The second kappa shape index (κ2) is 4.28. The SMILES string of the molecule is CN(C)CCN(C)C(=O)C1(CN)CC1. The van der Waals surface area contributed by atoms with Gasteiger partial charge in [-0.2, -0.15) is 0 Å². The number of hydrogen-bond donors (Lipinski definition) is 1. The molecule has 2 N–H and O–H groups in total. The van der Waals surface area contributed by atoms with E-state index >= 15 is 0 Å². The van der Waals surface area contributed by atoms with Gasteiger partial charge in [0.05, 0.1) is 5.41 Å². The predicted molar refractivity (Wildman–Crippen MR) is 56.9 cm³/mol. The summed E-state index contributed by atoms with van der Waals surface area (Å²) in [6.07, 6.45) is 1.93. The Morgan fingerprint density at radius 1 is 1.29 bits per heavy atom. The molecule has 1 aliphatic carbocycles. The molecule has 82 valence electrons. The quantitative estimate of drug-likeness (QED) is 0.664. The average Bonchev–Trinajstić information content (AvgIpc) is 2.93. The van der Waals surface area contributed by atoms with Crippen LogP contribution in [0.3, 0.4) is 0 Å². The Labute approximate surface area is 86.0 Å². The average molecular weight is 199 g/mol. The summed E-state index contributed by atoms with van der Waals surface area (Å²) in [6.45, 7) is 2.19. The number of hydrogen-bond acceptors (Lipinski definition) is 3. The van der Waals surface area contributed by atoms with Crippen LogP contribution in [-0.2, 0) is 4.79 Å². The van der Waals surface area contributed by atoms with Gasteiger partial charge < -0.3 is 15.5 Å². The van der Waals surface area contributed by atoms with Crippen molar-refractivity contribution >= 4 is 5.91 Å². The van der Waals surface area contributed by atoms with Crippen LogP contribution in [0.15, 0.2) is 0 Å². The van der Waals surface area contributed by atoms with Crippen LogP contribution < -0.4 is 5.73 Å². The van der Waals surface area contributed by atoms with E-state index in [-0.39, 0.29) is 11.3 Å². The van der Waals surface area contributed by atoms with Crippen molar-refractivity contribution in [2.24, 2.45) is 11.1 Å². The second-order valence-corrected chi connectivity index (χ2v) is 4.51. The van der Waals surface area contributed by atoms with Crippen LogP contribution in [0.25, 0.3) is 0 Å². The topological polar surface area (TPSA) is 49.6 Å². The van der Waals surface area contributed by atoms with Gasteiger partial charge >= 0.3 is 0 Å². The minimum atomic E-state index is -0.193. The van der Waals surface area contributed by atoms with E-state index < -0.39 is 0 Å². The van der Waals surface area contributed by atoms with Gasteiger partial charge in [0, 0.05) is 26.7 Å². The standard InChI is InChI=1S/C10H21N3O/c1-12(2)6-7-13(3)9(14)10(8-11)4-5-10/h4-8,11H2,1-3H3. The van der Waals surface area contributed by atoms with Gasteiger partial charge in [-0.1, -0.05) is 0 Å². The molecule has 4 heteroatoms. The first-order valence-corrected chi connectivity index (χ1v) is 5.12. The van der Waals surface area contributed by atoms with Gasteiger partial charge in [-0.15, -0.1) is 0 Å². The lowest BCUT2D eigenvalue weighted by atomic mass is 10.1. The van der Waals surface area contributed by atoms with Crippen LogP contribution in [0.4, 0.5) is 0 Å². The minimum absolute atomic E-state index is 0.193. The van der Waals surface area contributed by atoms with E-state index in [9.17, 15) is 4.79 Å². The maximum Gasteiger partial charge on any atom is 0.229 e. The highest BCUT2D eigenvalue weighted by Gasteiger charge is 2.49. The maximum absolute atomic E-state index is 11.9. The number of nitrogens with zero attached hydrogens (tertiary/aromatic N) is 2. The lowest BCUT2D eigenvalue weighted by Gasteiger charge is -2.23. The lowest BCUT2D eigenvalue weighted by Crippen LogP contribution is -2.41. The Morgan fingerprint density at radius 3 is 2.21 bits per heavy atom. The Bertz CT molecular complexity index is 211. The Hall–Kier alpha value is -0.610. The Morgan fingerprint density at radius 2 is 1.86 bits per heavy atom. The summed E-state index contributed by atoms with van der Waals surface area (Å²) in [7, 11) is 5.88. The molecule has 0 saturated heterocycles. The van der Waals surface area contributed by atoms with E-state index in [0.717, 1.165) is 25.9 Å². The Balaban J connectivity index is 2.37. The van der Waals surface area contributed by atoms with Gasteiger partial charge in [0.1, 0.15) is 0 Å². The third-order valence-electron chi connectivity index (χ3n) is 2.93. The zero-order chi connectivity index (χ0) is 10.8. The smallest absolute Gasteiger partial charge is 0.229 e. The molecule has 1 rings (SSSR count). The van der Waals surface area contributed by atoms with Gasteiger partial charge in [-0.25, -0.2) is 0 Å². The zero-order valence-electron chi connectivity index (χ0n) is 9.42. The third-order valence-corrected chi connectivity index (χ3v) is 2.93. The molecule has 0 atom stereocenters. The van der Waals surface area contributed by atoms with E-state index in [2.05, 4.69) is 4.90 Å². The molecule has 0 heterocycles. The summed E-state index contributed by atoms with van der Waals surface area (Å²) in [6, 6.07) is 0. The molecule has 0 unspecified atom stereocenters. The van der Waals surface area contributed by atoms with Crippen LogP contribution in [0.5, 0.6) is 0 Å². The summed E-state index contributed by atoms with van der Waals surface area (Å²) < 4.78 is 0. The molecule has 4 nitrogen and oxygen atoms in total. The second-order valence-electron chi connectivity index (χ2n) is 4.51. The number of carbonyl (C=O) groups excluding carboxylic acids is 1. The summed E-state index contributed by atoms with van der Waals surface area (Å²) in [5.41, 5.74) is 5.41. The lowest BCUT2D eigenvalue weighted by molar-refractivity contribution is -0.135. The third kappa shape index (κ3) is 2.45. The summed E-state index contributed by atoms with van der Waals surface area (Å²) >= 11 is 0. The maximum atomic E-state index is 11.9. The molecule has 1 saturated carbocycles. The number of rotatable bonds is 5. The van der Waals surface area contributed by atoms with Gasteiger partial charge in [0.2, 0.25) is 5.91 Å². The van der Waals surface area contributed by atoms with Crippen molar-refractivity contribution in [2.45, 2.75) is 12.8 Å². The van der Waals surface area contributed by atoms with Crippen molar-refractivity contribution in [3.8, 4) is 0 Å². The van der Waals surface area contributed by atoms with Crippen molar-refractivity contribution in [1.82, 2.24) is 9.80 Å². The summed E-state index contributed by atoms with van der Waals surface area (Å²) in [5.74, 6) is 0.224. The molecule has 0 spiro atoms. The van der Waals surface area contributed by atoms with Gasteiger partial charge in [0.25, 0.3) is 0 Å². The fraction of sp³-hybridized carbons (Fsp3) is 0.900. The van der Waals surface area contributed by atoms with Crippen LogP contribution in [0.1, 0.15) is 12.8 Å². The van der Waals surface area contributed by atoms with Crippen LogP contribution in [0.2, 0.25) is 0 Å². The van der Waals surface area contributed by atoms with Crippen molar-refractivity contribution < 1.29 is 4.79 Å². The highest BCUT2D eigenvalue weighted by Crippen LogP contribution is 2.45. The molecule has 1 fully saturated rings. The summed E-state index contributed by atoms with van der Waals surface area (Å²) in [5, 5.41) is 0. The van der Waals surface area contributed by atoms with Crippen molar-refractivity contribution in [3.63, 3.8) is 0 Å². The minimum Gasteiger partial charge on any atom is -0.344 e. The monoisotopic (exact) mass is 199 g/mol. The zero-order valence-corrected chi connectivity index (χ0v) is 9.42. The number of nitrogens with two attached hydrogens (primary N) is 1. The van der Waals surface area contributed by atoms with Crippen LogP contribution >= 0.6 is 0 Å². The molecule has 0 aliphatic heterocycles. The summed E-state index contributed by atoms with van der Waals surface area (Å²) in [4.78, 5) is 15.8.